The quantitative estimate of drug-likeness (QED) is 0.162. The molecule has 12 aromatic rings. The van der Waals surface area contributed by atoms with Crippen molar-refractivity contribution in [3.63, 3.8) is 0 Å². The van der Waals surface area contributed by atoms with Crippen molar-refractivity contribution in [2.75, 3.05) is 0 Å². The van der Waals surface area contributed by atoms with Gasteiger partial charge in [-0.1, -0.05) is 188 Å². The second-order valence-electron chi connectivity index (χ2n) is 15.6. The van der Waals surface area contributed by atoms with Gasteiger partial charge >= 0.3 is 0 Å². The SMILES string of the molecule is c1ccc(-c2nc(-c3ccc(-c4ccccc4)c(-n4c5ccccc5c5ccc(-n6c7ccccc7c7ccccc76)cc54)c3)nc(-c3ccccc3-c3ccccc3)n2)cc1. The topological polar surface area (TPSA) is 48.5 Å². The van der Waals surface area contributed by atoms with E-state index in [4.69, 9.17) is 15.0 Å². The van der Waals surface area contributed by atoms with Crippen molar-refractivity contribution in [1.82, 2.24) is 24.1 Å². The number of benzene rings is 9. The molecule has 9 aromatic carbocycles. The largest absolute Gasteiger partial charge is 0.309 e. The lowest BCUT2D eigenvalue weighted by Gasteiger charge is -2.17. The van der Waals surface area contributed by atoms with Gasteiger partial charge in [0.2, 0.25) is 0 Å². The Bertz CT molecular complexity index is 3570. The number of nitrogens with zero attached hydrogens (tertiary/aromatic N) is 5. The minimum atomic E-state index is 0.601. The number of para-hydroxylation sites is 3. The summed E-state index contributed by atoms with van der Waals surface area (Å²) < 4.78 is 4.82. The molecule has 0 fully saturated rings. The molecule has 3 aromatic heterocycles. The van der Waals surface area contributed by atoms with Crippen LogP contribution in [0.4, 0.5) is 0 Å². The van der Waals surface area contributed by atoms with E-state index in [-0.39, 0.29) is 0 Å². The summed E-state index contributed by atoms with van der Waals surface area (Å²) in [5.74, 6) is 1.84. The zero-order valence-corrected chi connectivity index (χ0v) is 33.6. The summed E-state index contributed by atoms with van der Waals surface area (Å²) in [6.07, 6.45) is 0. The fraction of sp³-hybridized carbons (Fsp3) is 0. The highest BCUT2D eigenvalue weighted by molar-refractivity contribution is 6.12. The van der Waals surface area contributed by atoms with Crippen molar-refractivity contribution in [2.24, 2.45) is 0 Å². The second-order valence-corrected chi connectivity index (χ2v) is 15.6. The van der Waals surface area contributed by atoms with Gasteiger partial charge in [0.05, 0.1) is 27.8 Å². The zero-order chi connectivity index (χ0) is 41.0. The molecule has 5 heteroatoms. The smallest absolute Gasteiger partial charge is 0.164 e. The van der Waals surface area contributed by atoms with Crippen LogP contribution in [0, 0.1) is 0 Å². The average molecular weight is 792 g/mol. The van der Waals surface area contributed by atoms with Gasteiger partial charge in [-0.2, -0.15) is 0 Å². The van der Waals surface area contributed by atoms with Gasteiger partial charge in [0.25, 0.3) is 0 Å². The zero-order valence-electron chi connectivity index (χ0n) is 33.6. The predicted octanol–water partition coefficient (Wildman–Crippen LogP) is 14.4. The van der Waals surface area contributed by atoms with Crippen LogP contribution in [0.2, 0.25) is 0 Å². The molecule has 62 heavy (non-hydrogen) atoms. The van der Waals surface area contributed by atoms with Gasteiger partial charge < -0.3 is 9.13 Å². The van der Waals surface area contributed by atoms with E-state index < -0.39 is 0 Å². The molecule has 0 aliphatic heterocycles. The van der Waals surface area contributed by atoms with E-state index >= 15 is 0 Å². The molecule has 5 nitrogen and oxygen atoms in total. The molecule has 0 atom stereocenters. The molecule has 0 spiro atoms. The summed E-state index contributed by atoms with van der Waals surface area (Å²) in [5.41, 5.74) is 13.9. The summed E-state index contributed by atoms with van der Waals surface area (Å²) in [6, 6.07) is 79.3. The van der Waals surface area contributed by atoms with Crippen LogP contribution in [0.25, 0.3) is 111 Å². The lowest BCUT2D eigenvalue weighted by atomic mass is 9.99. The van der Waals surface area contributed by atoms with Gasteiger partial charge in [0, 0.05) is 49.5 Å². The highest BCUT2D eigenvalue weighted by Gasteiger charge is 2.21. The molecule has 0 amide bonds. The number of fused-ring (bicyclic) bond motifs is 6. The van der Waals surface area contributed by atoms with Crippen molar-refractivity contribution >= 4 is 43.6 Å². The first-order valence-corrected chi connectivity index (χ1v) is 21.0. The molecular formula is C57H37N5. The van der Waals surface area contributed by atoms with E-state index in [2.05, 4.69) is 209 Å². The molecule has 0 bridgehead atoms. The molecule has 3 heterocycles. The maximum atomic E-state index is 5.31. The van der Waals surface area contributed by atoms with Gasteiger partial charge in [-0.05, 0) is 53.1 Å². The van der Waals surface area contributed by atoms with E-state index in [1.54, 1.807) is 0 Å². The van der Waals surface area contributed by atoms with E-state index in [9.17, 15) is 0 Å². The van der Waals surface area contributed by atoms with E-state index in [0.717, 1.165) is 61.4 Å². The first-order valence-electron chi connectivity index (χ1n) is 21.0. The lowest BCUT2D eigenvalue weighted by Crippen LogP contribution is -2.03. The standard InChI is InChI=1S/C57H37N5/c1-4-18-38(19-5-1)43-24-10-11-28-49(43)57-59-55(40-22-8-3-9-23-40)58-56(60-57)41-32-34-44(39-20-6-2-7-21-39)53(36-41)62-52-31-17-14-27-47(52)48-35-33-42(37-54(48)62)61-50-29-15-12-25-45(50)46-26-13-16-30-51(46)61/h1-37H. The molecule has 0 radical (unpaired) electrons. The fourth-order valence-corrected chi connectivity index (χ4v) is 9.17. The highest BCUT2D eigenvalue weighted by Crippen LogP contribution is 2.41. The highest BCUT2D eigenvalue weighted by atomic mass is 15.0. The number of hydrogen-bond donors (Lipinski definition) is 0. The van der Waals surface area contributed by atoms with Gasteiger partial charge in [-0.25, -0.2) is 15.0 Å². The Morgan fingerprint density at radius 1 is 0.258 bits per heavy atom. The molecule has 12 rings (SSSR count). The summed E-state index contributed by atoms with van der Waals surface area (Å²) in [5, 5.41) is 4.84. The van der Waals surface area contributed by atoms with E-state index in [1.165, 1.54) is 32.6 Å². The third-order valence-corrected chi connectivity index (χ3v) is 12.0. The Balaban J connectivity index is 1.12. The summed E-state index contributed by atoms with van der Waals surface area (Å²) in [6.45, 7) is 0. The number of aromatic nitrogens is 5. The Kier molecular flexibility index (Phi) is 8.42. The maximum absolute atomic E-state index is 5.31. The molecule has 0 saturated carbocycles. The first-order chi connectivity index (χ1) is 30.8. The predicted molar refractivity (Wildman–Crippen MR) is 256 cm³/mol. The molecule has 0 unspecified atom stereocenters. The van der Waals surface area contributed by atoms with Crippen molar-refractivity contribution in [2.45, 2.75) is 0 Å². The van der Waals surface area contributed by atoms with Gasteiger partial charge in [-0.15, -0.1) is 0 Å². The van der Waals surface area contributed by atoms with Crippen LogP contribution in [-0.2, 0) is 0 Å². The molecule has 290 valence electrons. The third kappa shape index (κ3) is 5.90. The summed E-state index contributed by atoms with van der Waals surface area (Å²) in [7, 11) is 0. The molecular weight excluding hydrogens is 755 g/mol. The summed E-state index contributed by atoms with van der Waals surface area (Å²) >= 11 is 0. The van der Waals surface area contributed by atoms with E-state index in [0.29, 0.717) is 17.5 Å². The molecule has 0 N–H and O–H groups in total. The average Bonchev–Trinajstić information content (AvgIpc) is 3.87. The summed E-state index contributed by atoms with van der Waals surface area (Å²) in [4.78, 5) is 15.7. The van der Waals surface area contributed by atoms with Gasteiger partial charge in [-0.3, -0.25) is 0 Å². The van der Waals surface area contributed by atoms with Crippen LogP contribution in [-0.4, -0.2) is 24.1 Å². The van der Waals surface area contributed by atoms with Crippen molar-refractivity contribution in [3.8, 4) is 67.8 Å². The number of rotatable bonds is 7. The van der Waals surface area contributed by atoms with Crippen LogP contribution < -0.4 is 0 Å². The van der Waals surface area contributed by atoms with E-state index in [1.807, 2.05) is 24.3 Å². The minimum Gasteiger partial charge on any atom is -0.309 e. The molecule has 0 aliphatic carbocycles. The fourth-order valence-electron chi connectivity index (χ4n) is 9.17. The second kappa shape index (κ2) is 14.7. The van der Waals surface area contributed by atoms with Crippen molar-refractivity contribution < 1.29 is 0 Å². The first kappa shape index (κ1) is 35.5. The molecule has 0 saturated heterocycles. The Hall–Kier alpha value is -8.41. The normalized spacial score (nSPS) is 11.5. The van der Waals surface area contributed by atoms with Crippen molar-refractivity contribution in [3.05, 3.63) is 224 Å². The maximum Gasteiger partial charge on any atom is 0.164 e. The van der Waals surface area contributed by atoms with Gasteiger partial charge in [0.15, 0.2) is 17.5 Å². The van der Waals surface area contributed by atoms with Crippen LogP contribution in [0.3, 0.4) is 0 Å². The molecule has 0 aliphatic rings. The Morgan fingerprint density at radius 2 is 0.710 bits per heavy atom. The lowest BCUT2D eigenvalue weighted by molar-refractivity contribution is 1.07. The monoisotopic (exact) mass is 791 g/mol. The van der Waals surface area contributed by atoms with Crippen LogP contribution in [0.1, 0.15) is 0 Å². The minimum absolute atomic E-state index is 0.601. The Morgan fingerprint density at radius 3 is 1.32 bits per heavy atom. The van der Waals surface area contributed by atoms with Crippen LogP contribution in [0.15, 0.2) is 224 Å². The van der Waals surface area contributed by atoms with Gasteiger partial charge in [0.1, 0.15) is 0 Å². The van der Waals surface area contributed by atoms with Crippen molar-refractivity contribution in [1.29, 1.82) is 0 Å². The third-order valence-electron chi connectivity index (χ3n) is 12.0. The van der Waals surface area contributed by atoms with Crippen LogP contribution >= 0.6 is 0 Å². The van der Waals surface area contributed by atoms with Crippen LogP contribution in [0.5, 0.6) is 0 Å². The number of hydrogen-bond acceptors (Lipinski definition) is 3. The Labute approximate surface area is 358 Å².